The number of methoxy groups -OCH3 is 1. The molecule has 2 rings (SSSR count). The Morgan fingerprint density at radius 2 is 1.93 bits per heavy atom. The van der Waals surface area contributed by atoms with Crippen molar-refractivity contribution in [3.8, 4) is 0 Å². The van der Waals surface area contributed by atoms with Gasteiger partial charge in [0.1, 0.15) is 0 Å². The highest BCUT2D eigenvalue weighted by Gasteiger charge is 2.18. The second-order valence-electron chi connectivity index (χ2n) is 6.75. The Balaban J connectivity index is 0.00000364. The number of aliphatic hydroxyl groups excluding tert-OH is 1. The Morgan fingerprint density at radius 3 is 2.52 bits per heavy atom. The highest BCUT2D eigenvalue weighted by atomic mass is 127. The number of nitrogens with one attached hydrogen (secondary N) is 2. The molecular formula is C20H35IN4O2. The van der Waals surface area contributed by atoms with Gasteiger partial charge in [-0.2, -0.15) is 0 Å². The second kappa shape index (κ2) is 14.0. The summed E-state index contributed by atoms with van der Waals surface area (Å²) in [5.74, 6) is 1.32. The van der Waals surface area contributed by atoms with Gasteiger partial charge in [-0.05, 0) is 49.8 Å². The average molecular weight is 490 g/mol. The normalized spacial score (nSPS) is 15.4. The number of halogens is 1. The minimum Gasteiger partial charge on any atom is -0.396 e. The first-order valence-electron chi connectivity index (χ1n) is 9.72. The number of aliphatic imine (C=N–C) groups is 1. The fraction of sp³-hybridized carbons (Fsp3) is 0.650. The number of anilines is 1. The lowest BCUT2D eigenvalue weighted by atomic mass is 9.97. The van der Waals surface area contributed by atoms with Gasteiger partial charge < -0.3 is 25.4 Å². The quantitative estimate of drug-likeness (QED) is 0.215. The first-order valence-corrected chi connectivity index (χ1v) is 9.72. The van der Waals surface area contributed by atoms with Crippen LogP contribution in [0.2, 0.25) is 0 Å². The molecule has 0 aromatic heterocycles. The minimum atomic E-state index is 0. The zero-order valence-corrected chi connectivity index (χ0v) is 18.9. The molecule has 1 aromatic rings. The van der Waals surface area contributed by atoms with Crippen molar-refractivity contribution in [2.45, 2.75) is 32.7 Å². The summed E-state index contributed by atoms with van der Waals surface area (Å²) >= 11 is 0. The van der Waals surface area contributed by atoms with Gasteiger partial charge in [0.2, 0.25) is 0 Å². The number of piperidine rings is 1. The molecule has 7 heteroatoms. The van der Waals surface area contributed by atoms with Crippen LogP contribution in [0.4, 0.5) is 5.69 Å². The molecule has 0 bridgehead atoms. The highest BCUT2D eigenvalue weighted by molar-refractivity contribution is 14.0. The molecule has 0 radical (unpaired) electrons. The molecular weight excluding hydrogens is 455 g/mol. The van der Waals surface area contributed by atoms with Gasteiger partial charge in [-0.1, -0.05) is 12.1 Å². The van der Waals surface area contributed by atoms with Gasteiger partial charge >= 0.3 is 0 Å². The predicted octanol–water partition coefficient (Wildman–Crippen LogP) is 2.60. The van der Waals surface area contributed by atoms with Gasteiger partial charge in [0, 0.05) is 52.2 Å². The summed E-state index contributed by atoms with van der Waals surface area (Å²) < 4.78 is 5.07. The Hall–Kier alpha value is -1.06. The Morgan fingerprint density at radius 1 is 1.22 bits per heavy atom. The molecule has 27 heavy (non-hydrogen) atoms. The lowest BCUT2D eigenvalue weighted by molar-refractivity contribution is 0.195. The van der Waals surface area contributed by atoms with E-state index in [9.17, 15) is 5.11 Å². The smallest absolute Gasteiger partial charge is 0.191 e. The van der Waals surface area contributed by atoms with Gasteiger partial charge in [0.15, 0.2) is 5.96 Å². The van der Waals surface area contributed by atoms with Gasteiger partial charge in [-0.3, -0.25) is 0 Å². The number of aliphatic hydroxyl groups is 1. The molecule has 1 aromatic carbocycles. The molecule has 0 amide bonds. The Bertz CT molecular complexity index is 531. The third-order valence-electron chi connectivity index (χ3n) is 4.76. The van der Waals surface area contributed by atoms with E-state index in [1.165, 1.54) is 11.3 Å². The molecule has 1 heterocycles. The van der Waals surface area contributed by atoms with E-state index < -0.39 is 0 Å². The molecule has 0 unspecified atom stereocenters. The molecule has 1 aliphatic heterocycles. The molecule has 1 aliphatic rings. The zero-order valence-electron chi connectivity index (χ0n) is 16.6. The van der Waals surface area contributed by atoms with Crippen LogP contribution in [0, 0.1) is 5.92 Å². The summed E-state index contributed by atoms with van der Waals surface area (Å²) in [4.78, 5) is 7.06. The van der Waals surface area contributed by atoms with Crippen molar-refractivity contribution in [2.24, 2.45) is 10.9 Å². The molecule has 0 saturated carbocycles. The maximum atomic E-state index is 9.26. The van der Waals surface area contributed by atoms with Crippen LogP contribution in [-0.2, 0) is 11.3 Å². The summed E-state index contributed by atoms with van der Waals surface area (Å²) in [6, 6.07) is 8.68. The van der Waals surface area contributed by atoms with Crippen LogP contribution in [0.3, 0.4) is 0 Å². The molecule has 6 nitrogen and oxygen atoms in total. The third kappa shape index (κ3) is 8.66. The predicted molar refractivity (Wildman–Crippen MR) is 123 cm³/mol. The lowest BCUT2D eigenvalue weighted by Gasteiger charge is -2.32. The van der Waals surface area contributed by atoms with Crippen molar-refractivity contribution in [3.05, 3.63) is 29.8 Å². The zero-order chi connectivity index (χ0) is 18.6. The van der Waals surface area contributed by atoms with E-state index in [1.54, 1.807) is 7.11 Å². The first-order chi connectivity index (χ1) is 12.8. The van der Waals surface area contributed by atoms with Crippen LogP contribution in [-0.4, -0.2) is 57.6 Å². The van der Waals surface area contributed by atoms with Crippen LogP contribution in [0.5, 0.6) is 0 Å². The maximum Gasteiger partial charge on any atom is 0.191 e. The molecule has 154 valence electrons. The second-order valence-corrected chi connectivity index (χ2v) is 6.75. The van der Waals surface area contributed by atoms with Gasteiger partial charge in [-0.25, -0.2) is 4.99 Å². The van der Waals surface area contributed by atoms with Crippen LogP contribution in [0.25, 0.3) is 0 Å². The topological polar surface area (TPSA) is 69.1 Å². The fourth-order valence-corrected chi connectivity index (χ4v) is 3.12. The van der Waals surface area contributed by atoms with Crippen LogP contribution < -0.4 is 15.5 Å². The summed E-state index contributed by atoms with van der Waals surface area (Å²) in [5.41, 5.74) is 2.46. The van der Waals surface area contributed by atoms with Crippen molar-refractivity contribution in [1.29, 1.82) is 0 Å². The van der Waals surface area contributed by atoms with E-state index in [0.29, 0.717) is 19.1 Å². The van der Waals surface area contributed by atoms with Crippen LogP contribution >= 0.6 is 24.0 Å². The third-order valence-corrected chi connectivity index (χ3v) is 4.76. The van der Waals surface area contributed by atoms with Crippen LogP contribution in [0.1, 0.15) is 31.7 Å². The molecule has 0 atom stereocenters. The maximum absolute atomic E-state index is 9.26. The SMILES string of the molecule is CCNC(=NCc1ccc(N2CCC(CO)CC2)cc1)NCCCOC.I. The van der Waals surface area contributed by atoms with Gasteiger partial charge in [0.05, 0.1) is 6.54 Å². The molecule has 0 spiro atoms. The number of benzene rings is 1. The molecule has 1 fully saturated rings. The summed E-state index contributed by atoms with van der Waals surface area (Å²) in [6.45, 7) is 7.55. The van der Waals surface area contributed by atoms with E-state index in [-0.39, 0.29) is 24.0 Å². The van der Waals surface area contributed by atoms with Gasteiger partial charge in [-0.15, -0.1) is 24.0 Å². The summed E-state index contributed by atoms with van der Waals surface area (Å²) in [5, 5.41) is 15.9. The molecule has 1 saturated heterocycles. The fourth-order valence-electron chi connectivity index (χ4n) is 3.12. The summed E-state index contributed by atoms with van der Waals surface area (Å²) in [6.07, 6.45) is 3.11. The van der Waals surface area contributed by atoms with E-state index in [1.807, 2.05) is 0 Å². The first kappa shape index (κ1) is 24.0. The van der Waals surface area contributed by atoms with Crippen molar-refractivity contribution in [1.82, 2.24) is 10.6 Å². The highest BCUT2D eigenvalue weighted by Crippen LogP contribution is 2.23. The number of hydrogen-bond donors (Lipinski definition) is 3. The summed E-state index contributed by atoms with van der Waals surface area (Å²) in [7, 11) is 1.72. The van der Waals surface area contributed by atoms with E-state index in [4.69, 9.17) is 4.74 Å². The van der Waals surface area contributed by atoms with Crippen molar-refractivity contribution in [3.63, 3.8) is 0 Å². The van der Waals surface area contributed by atoms with Crippen molar-refractivity contribution in [2.75, 3.05) is 51.4 Å². The minimum absolute atomic E-state index is 0. The molecule has 3 N–H and O–H groups in total. The van der Waals surface area contributed by atoms with Crippen molar-refractivity contribution < 1.29 is 9.84 Å². The number of hydrogen-bond acceptors (Lipinski definition) is 4. The largest absolute Gasteiger partial charge is 0.396 e. The standard InChI is InChI=1S/C20H34N4O2.HI/c1-3-21-20(22-11-4-14-26-2)23-15-17-5-7-19(8-6-17)24-12-9-18(16-25)10-13-24;/h5-8,18,25H,3-4,9-16H2,1-2H3,(H2,21,22,23);1H. The number of guanidine groups is 1. The Labute approximate surface area is 180 Å². The Kier molecular flexibility index (Phi) is 12.4. The average Bonchev–Trinajstić information content (AvgIpc) is 2.70. The lowest BCUT2D eigenvalue weighted by Crippen LogP contribution is -2.38. The van der Waals surface area contributed by atoms with E-state index in [0.717, 1.165) is 58.0 Å². The number of ether oxygens (including phenoxy) is 1. The number of nitrogens with zero attached hydrogens (tertiary/aromatic N) is 2. The van der Waals surface area contributed by atoms with E-state index >= 15 is 0 Å². The van der Waals surface area contributed by atoms with Gasteiger partial charge in [0.25, 0.3) is 0 Å². The monoisotopic (exact) mass is 490 g/mol. The van der Waals surface area contributed by atoms with Crippen molar-refractivity contribution >= 4 is 35.6 Å². The van der Waals surface area contributed by atoms with E-state index in [2.05, 4.69) is 51.7 Å². The number of rotatable bonds is 9. The van der Waals surface area contributed by atoms with Crippen LogP contribution in [0.15, 0.2) is 29.3 Å². The molecule has 0 aliphatic carbocycles.